The number of aromatic nitrogens is 3. The molecule has 4 heterocycles. The Bertz CT molecular complexity index is 3640. The number of carbonyl (C=O) groups is 1. The Labute approximate surface area is 363 Å². The molecule has 0 atom stereocenters. The summed E-state index contributed by atoms with van der Waals surface area (Å²) >= 11 is 0. The van der Waals surface area contributed by atoms with Crippen molar-refractivity contribution in [1.82, 2.24) is 13.7 Å². The molecular formula is C58H38N4O. The third-order valence-electron chi connectivity index (χ3n) is 13.2. The van der Waals surface area contributed by atoms with Gasteiger partial charge in [-0.2, -0.15) is 0 Å². The van der Waals surface area contributed by atoms with Gasteiger partial charge in [-0.25, -0.2) is 0 Å². The first-order chi connectivity index (χ1) is 31.1. The van der Waals surface area contributed by atoms with Crippen LogP contribution in [-0.2, 0) is 0 Å². The lowest BCUT2D eigenvalue weighted by Gasteiger charge is -2.24. The lowest BCUT2D eigenvalue weighted by atomic mass is 9.99. The van der Waals surface area contributed by atoms with Crippen LogP contribution in [0.5, 0.6) is 0 Å². The normalized spacial score (nSPS) is 12.9. The van der Waals surface area contributed by atoms with Gasteiger partial charge in [0.15, 0.2) is 0 Å². The quantitative estimate of drug-likeness (QED) is 0.171. The highest BCUT2D eigenvalue weighted by Crippen LogP contribution is 2.48. The Hall–Kier alpha value is -8.41. The van der Waals surface area contributed by atoms with Gasteiger partial charge < -0.3 is 13.7 Å². The second kappa shape index (κ2) is 13.3. The maximum atomic E-state index is 15.7. The Morgan fingerprint density at radius 1 is 0.381 bits per heavy atom. The smallest absolute Gasteiger partial charge is 0.265 e. The molecule has 12 aromatic rings. The summed E-state index contributed by atoms with van der Waals surface area (Å²) < 4.78 is 7.18. The molecule has 1 aliphatic rings. The van der Waals surface area contributed by atoms with Crippen molar-refractivity contribution < 1.29 is 4.79 Å². The summed E-state index contributed by atoms with van der Waals surface area (Å²) in [5, 5.41) is 6.94. The fraction of sp³-hybridized carbons (Fsp3) is 0.0172. The molecular weight excluding hydrogens is 769 g/mol. The maximum Gasteiger partial charge on any atom is 0.265 e. The van der Waals surface area contributed by atoms with E-state index in [1.54, 1.807) is 0 Å². The molecule has 63 heavy (non-hydrogen) atoms. The van der Waals surface area contributed by atoms with Gasteiger partial charge in [-0.3, -0.25) is 9.69 Å². The van der Waals surface area contributed by atoms with Crippen molar-refractivity contribution in [3.8, 4) is 28.2 Å². The molecule has 0 saturated carbocycles. The van der Waals surface area contributed by atoms with E-state index in [0.717, 1.165) is 88.9 Å². The van der Waals surface area contributed by atoms with Crippen molar-refractivity contribution in [3.63, 3.8) is 0 Å². The Balaban J connectivity index is 1.18. The number of para-hydroxylation sites is 7. The average molecular weight is 807 g/mol. The molecule has 5 nitrogen and oxygen atoms in total. The molecule has 3 aromatic heterocycles. The number of hydrogen-bond acceptors (Lipinski definition) is 1. The molecule has 5 heteroatoms. The van der Waals surface area contributed by atoms with Crippen LogP contribution in [-0.4, -0.2) is 19.6 Å². The number of hydrogen-bond donors (Lipinski definition) is 0. The number of anilines is 1. The first-order valence-corrected chi connectivity index (χ1v) is 21.4. The first kappa shape index (κ1) is 35.4. The molecule has 0 fully saturated rings. The zero-order chi connectivity index (χ0) is 41.9. The molecule has 0 spiro atoms. The van der Waals surface area contributed by atoms with Gasteiger partial charge in [0, 0.05) is 43.4 Å². The zero-order valence-electron chi connectivity index (χ0n) is 34.5. The van der Waals surface area contributed by atoms with E-state index in [9.17, 15) is 0 Å². The van der Waals surface area contributed by atoms with E-state index in [4.69, 9.17) is 0 Å². The SMILES string of the molecule is C=C1c2cccc(-n3c4c(-n5c6ccccc6c6ccccc65)cccc4c4cccc(-n5c6ccccc6c6ccccc65)c43)c2C(=O)N1c1c(C)cccc1-c1ccccc1. The second-order valence-electron chi connectivity index (χ2n) is 16.5. The van der Waals surface area contributed by atoms with Gasteiger partial charge in [0.2, 0.25) is 0 Å². The predicted molar refractivity (Wildman–Crippen MR) is 262 cm³/mol. The summed E-state index contributed by atoms with van der Waals surface area (Å²) in [6.07, 6.45) is 0. The molecule has 1 amide bonds. The molecule has 1 aliphatic heterocycles. The summed E-state index contributed by atoms with van der Waals surface area (Å²) in [5.74, 6) is -0.101. The van der Waals surface area contributed by atoms with Crippen LogP contribution >= 0.6 is 0 Å². The standard InChI is InChI=1S/C58H38N4O/c1-36-18-14-26-40(38-19-4-3-5-20-38)55(36)59-37(2)39-25-15-33-51(54(39)58(59)63)62-56-45(27-16-34-52(56)60-47-29-10-6-21-41(47)42-22-7-11-30-48(42)60)46-28-17-35-53(57(46)62)61-49-31-12-8-23-43(49)44-24-9-13-32-50(44)61/h3-35H,2H2,1H3. The molecule has 296 valence electrons. The summed E-state index contributed by atoms with van der Waals surface area (Å²) in [5.41, 5.74) is 15.3. The lowest BCUT2D eigenvalue weighted by molar-refractivity contribution is 0.101. The summed E-state index contributed by atoms with van der Waals surface area (Å²) in [6, 6.07) is 70.7. The summed E-state index contributed by atoms with van der Waals surface area (Å²) in [7, 11) is 0. The fourth-order valence-electron chi connectivity index (χ4n) is 10.6. The topological polar surface area (TPSA) is 35.1 Å². The summed E-state index contributed by atoms with van der Waals surface area (Å²) in [6.45, 7) is 6.75. The predicted octanol–water partition coefficient (Wildman–Crippen LogP) is 14.6. The van der Waals surface area contributed by atoms with Gasteiger partial charge in [0.25, 0.3) is 5.91 Å². The average Bonchev–Trinajstić information content (AvgIpc) is 4.04. The van der Waals surface area contributed by atoms with Crippen LogP contribution in [0.2, 0.25) is 0 Å². The van der Waals surface area contributed by atoms with E-state index in [1.165, 1.54) is 21.5 Å². The minimum Gasteiger partial charge on any atom is -0.307 e. The minimum absolute atomic E-state index is 0.101. The number of fused-ring (bicyclic) bond motifs is 10. The number of rotatable bonds is 5. The number of nitrogens with zero attached hydrogens (tertiary/aromatic N) is 4. The second-order valence-corrected chi connectivity index (χ2v) is 16.5. The lowest BCUT2D eigenvalue weighted by Crippen LogP contribution is -2.24. The van der Waals surface area contributed by atoms with Crippen LogP contribution in [0.1, 0.15) is 21.5 Å². The Kier molecular flexibility index (Phi) is 7.46. The third kappa shape index (κ3) is 4.84. The molecule has 0 saturated heterocycles. The molecule has 13 rings (SSSR count). The fourth-order valence-corrected chi connectivity index (χ4v) is 10.6. The molecule has 0 aliphatic carbocycles. The van der Waals surface area contributed by atoms with Crippen LogP contribution in [0.4, 0.5) is 5.69 Å². The third-order valence-corrected chi connectivity index (χ3v) is 13.2. The molecule has 0 N–H and O–H groups in total. The van der Waals surface area contributed by atoms with Crippen LogP contribution in [0.25, 0.3) is 99.3 Å². The van der Waals surface area contributed by atoms with Gasteiger partial charge in [-0.05, 0) is 60.5 Å². The minimum atomic E-state index is -0.101. The molecule has 9 aromatic carbocycles. The van der Waals surface area contributed by atoms with Crippen molar-refractivity contribution in [2.75, 3.05) is 4.90 Å². The molecule has 0 bridgehead atoms. The largest absolute Gasteiger partial charge is 0.307 e. The van der Waals surface area contributed by atoms with Gasteiger partial charge in [-0.15, -0.1) is 0 Å². The highest BCUT2D eigenvalue weighted by molar-refractivity contribution is 6.26. The van der Waals surface area contributed by atoms with E-state index in [2.05, 4.69) is 209 Å². The van der Waals surface area contributed by atoms with Crippen LogP contribution < -0.4 is 4.90 Å². The van der Waals surface area contributed by atoms with Crippen molar-refractivity contribution in [2.24, 2.45) is 0 Å². The van der Waals surface area contributed by atoms with E-state index in [1.807, 2.05) is 23.1 Å². The Morgan fingerprint density at radius 3 is 1.32 bits per heavy atom. The van der Waals surface area contributed by atoms with Gasteiger partial charge >= 0.3 is 0 Å². The van der Waals surface area contributed by atoms with E-state index >= 15 is 4.79 Å². The van der Waals surface area contributed by atoms with Crippen molar-refractivity contribution in [1.29, 1.82) is 0 Å². The highest BCUT2D eigenvalue weighted by atomic mass is 16.2. The van der Waals surface area contributed by atoms with E-state index < -0.39 is 0 Å². The first-order valence-electron chi connectivity index (χ1n) is 21.4. The number of aryl methyl sites for hydroxylation is 1. The van der Waals surface area contributed by atoms with Gasteiger partial charge in [-0.1, -0.05) is 164 Å². The maximum absolute atomic E-state index is 15.7. The van der Waals surface area contributed by atoms with Gasteiger partial charge in [0.05, 0.1) is 67.1 Å². The summed E-state index contributed by atoms with van der Waals surface area (Å²) in [4.78, 5) is 17.5. The number of carbonyl (C=O) groups excluding carboxylic acids is 1. The number of amides is 1. The van der Waals surface area contributed by atoms with E-state index in [0.29, 0.717) is 11.3 Å². The molecule has 0 radical (unpaired) electrons. The monoisotopic (exact) mass is 806 g/mol. The van der Waals surface area contributed by atoms with Crippen LogP contribution in [0, 0.1) is 6.92 Å². The highest BCUT2D eigenvalue weighted by Gasteiger charge is 2.38. The number of benzene rings is 9. The zero-order valence-corrected chi connectivity index (χ0v) is 34.5. The van der Waals surface area contributed by atoms with Crippen molar-refractivity contribution in [3.05, 3.63) is 223 Å². The molecule has 0 unspecified atom stereocenters. The Morgan fingerprint density at radius 2 is 0.794 bits per heavy atom. The van der Waals surface area contributed by atoms with Crippen LogP contribution in [0.3, 0.4) is 0 Å². The van der Waals surface area contributed by atoms with Crippen molar-refractivity contribution in [2.45, 2.75) is 6.92 Å². The van der Waals surface area contributed by atoms with E-state index in [-0.39, 0.29) is 5.91 Å². The van der Waals surface area contributed by atoms with Crippen molar-refractivity contribution >= 4 is 82.7 Å². The van der Waals surface area contributed by atoms with Gasteiger partial charge in [0.1, 0.15) is 0 Å². The van der Waals surface area contributed by atoms with Crippen LogP contribution in [0.15, 0.2) is 207 Å².